The molecule has 1 N–H and O–H groups in total. The summed E-state index contributed by atoms with van der Waals surface area (Å²) in [7, 11) is 3.05. The second-order valence-corrected chi connectivity index (χ2v) is 6.22. The number of likely N-dealkylation sites (N-methyl/N-ethyl adjacent to an activating group) is 1. The number of ether oxygens (including phenoxy) is 1. The van der Waals surface area contributed by atoms with Gasteiger partial charge in [-0.3, -0.25) is 9.59 Å². The first kappa shape index (κ1) is 15.0. The van der Waals surface area contributed by atoms with Gasteiger partial charge in [-0.05, 0) is 18.4 Å². The molecular weight excluding hydrogens is 282 g/mol. The number of amides is 1. The number of hydrogen-bond acceptors (Lipinski definition) is 4. The van der Waals surface area contributed by atoms with Crippen LogP contribution in [-0.4, -0.2) is 48.2 Å². The van der Waals surface area contributed by atoms with Crippen molar-refractivity contribution in [2.24, 2.45) is 5.92 Å². The molecule has 1 amide bonds. The highest BCUT2D eigenvalue weighted by molar-refractivity contribution is 5.90. The number of aliphatic hydroxyl groups is 1. The maximum absolute atomic E-state index is 12.7. The number of aliphatic hydroxyl groups excluding tert-OH is 1. The predicted molar refractivity (Wildman–Crippen MR) is 80.0 cm³/mol. The number of hydrogen-bond donors (Lipinski definition) is 1. The van der Waals surface area contributed by atoms with Gasteiger partial charge in [0, 0.05) is 13.0 Å². The van der Waals surface area contributed by atoms with Gasteiger partial charge in [0.05, 0.1) is 13.2 Å². The highest BCUT2D eigenvalue weighted by Crippen LogP contribution is 2.49. The molecule has 0 bridgehead atoms. The van der Waals surface area contributed by atoms with E-state index >= 15 is 0 Å². The van der Waals surface area contributed by atoms with Crippen molar-refractivity contribution >= 4 is 11.9 Å². The summed E-state index contributed by atoms with van der Waals surface area (Å²) in [5, 5.41) is 10.3. The van der Waals surface area contributed by atoms with Gasteiger partial charge in [0.2, 0.25) is 0 Å². The standard InChI is InChI=1S/C17H21NO4/c1-18-14-12(13(19)15(18)20)9-6-10-17(14,16(21)22-2)11-7-4-3-5-8-11/h3-5,7-8,12-14,19H,6,9-10H2,1-2H3/t12-,13+,14+,17-/m0/s1. The second-order valence-electron chi connectivity index (χ2n) is 6.22. The number of carbonyl (C=O) groups is 2. The van der Waals surface area contributed by atoms with Gasteiger partial charge in [-0.2, -0.15) is 0 Å². The quantitative estimate of drug-likeness (QED) is 0.831. The summed E-state index contributed by atoms with van der Waals surface area (Å²) in [6.45, 7) is 0. The van der Waals surface area contributed by atoms with E-state index in [1.54, 1.807) is 11.9 Å². The molecule has 1 aromatic rings. The van der Waals surface area contributed by atoms with Crippen LogP contribution in [0.4, 0.5) is 0 Å². The van der Waals surface area contributed by atoms with Crippen molar-refractivity contribution in [1.29, 1.82) is 0 Å². The predicted octanol–water partition coefficient (Wildman–Crippen LogP) is 1.10. The molecule has 1 saturated carbocycles. The number of rotatable bonds is 2. The lowest BCUT2D eigenvalue weighted by Crippen LogP contribution is -2.57. The number of esters is 1. The molecule has 2 aliphatic rings. The molecule has 1 aliphatic carbocycles. The Balaban J connectivity index is 2.17. The van der Waals surface area contributed by atoms with Crippen LogP contribution in [0.2, 0.25) is 0 Å². The molecule has 1 saturated heterocycles. The Morgan fingerprint density at radius 3 is 2.68 bits per heavy atom. The van der Waals surface area contributed by atoms with E-state index in [-0.39, 0.29) is 23.8 Å². The first-order valence-electron chi connectivity index (χ1n) is 7.62. The second kappa shape index (κ2) is 5.39. The molecule has 5 nitrogen and oxygen atoms in total. The Hall–Kier alpha value is -1.88. The third-order valence-electron chi connectivity index (χ3n) is 5.28. The number of benzene rings is 1. The summed E-state index contributed by atoms with van der Waals surface area (Å²) < 4.78 is 5.12. The summed E-state index contributed by atoms with van der Waals surface area (Å²) in [4.78, 5) is 26.5. The van der Waals surface area contributed by atoms with Crippen LogP contribution in [0, 0.1) is 5.92 Å². The lowest BCUT2D eigenvalue weighted by molar-refractivity contribution is -0.153. The molecule has 0 spiro atoms. The Morgan fingerprint density at radius 2 is 2.05 bits per heavy atom. The summed E-state index contributed by atoms with van der Waals surface area (Å²) >= 11 is 0. The average molecular weight is 303 g/mol. The van der Waals surface area contributed by atoms with E-state index in [9.17, 15) is 14.7 Å². The highest BCUT2D eigenvalue weighted by Gasteiger charge is 2.61. The molecule has 5 heteroatoms. The van der Waals surface area contributed by atoms with Gasteiger partial charge in [-0.25, -0.2) is 0 Å². The van der Waals surface area contributed by atoms with E-state index in [1.165, 1.54) is 7.11 Å². The van der Waals surface area contributed by atoms with Gasteiger partial charge in [0.1, 0.15) is 11.5 Å². The zero-order chi connectivity index (χ0) is 15.9. The van der Waals surface area contributed by atoms with Crippen molar-refractivity contribution in [3.63, 3.8) is 0 Å². The van der Waals surface area contributed by atoms with Crippen LogP contribution in [-0.2, 0) is 19.7 Å². The third-order valence-corrected chi connectivity index (χ3v) is 5.28. The van der Waals surface area contributed by atoms with Gasteiger partial charge in [-0.15, -0.1) is 0 Å². The van der Waals surface area contributed by atoms with Crippen LogP contribution in [0.3, 0.4) is 0 Å². The van der Waals surface area contributed by atoms with Crippen molar-refractivity contribution in [1.82, 2.24) is 4.90 Å². The fourth-order valence-corrected chi connectivity index (χ4v) is 4.34. The monoisotopic (exact) mass is 303 g/mol. The zero-order valence-electron chi connectivity index (χ0n) is 12.9. The molecular formula is C17H21NO4. The Kier molecular flexibility index (Phi) is 3.68. The minimum absolute atomic E-state index is 0.231. The summed E-state index contributed by atoms with van der Waals surface area (Å²) in [6.07, 6.45) is 1.12. The molecule has 4 atom stereocenters. The van der Waals surface area contributed by atoms with E-state index < -0.39 is 11.5 Å². The fraction of sp³-hybridized carbons (Fsp3) is 0.529. The molecule has 118 valence electrons. The lowest BCUT2D eigenvalue weighted by Gasteiger charge is -2.45. The van der Waals surface area contributed by atoms with Crippen molar-refractivity contribution in [2.75, 3.05) is 14.2 Å². The Labute approximate surface area is 129 Å². The molecule has 1 aliphatic heterocycles. The number of carbonyl (C=O) groups excluding carboxylic acids is 2. The molecule has 2 fully saturated rings. The normalized spacial score (nSPS) is 34.4. The molecule has 0 aromatic heterocycles. The van der Waals surface area contributed by atoms with E-state index in [0.717, 1.165) is 18.4 Å². The van der Waals surface area contributed by atoms with Gasteiger partial charge in [-0.1, -0.05) is 36.8 Å². The number of likely N-dealkylation sites (tertiary alicyclic amines) is 1. The average Bonchev–Trinajstić information content (AvgIpc) is 2.79. The summed E-state index contributed by atoms with van der Waals surface area (Å²) in [5.41, 5.74) is -0.0498. The fourth-order valence-electron chi connectivity index (χ4n) is 4.34. The van der Waals surface area contributed by atoms with Crippen molar-refractivity contribution in [2.45, 2.75) is 36.8 Å². The first-order valence-corrected chi connectivity index (χ1v) is 7.62. The molecule has 22 heavy (non-hydrogen) atoms. The lowest BCUT2D eigenvalue weighted by atomic mass is 9.62. The minimum atomic E-state index is -1.02. The third kappa shape index (κ3) is 1.88. The van der Waals surface area contributed by atoms with Gasteiger partial charge >= 0.3 is 5.97 Å². The SMILES string of the molecule is COC(=O)[C@]1(c2ccccc2)CCC[C@H]2[C@@H](O)C(=O)N(C)[C@H]21. The van der Waals surface area contributed by atoms with E-state index in [0.29, 0.717) is 6.42 Å². The van der Waals surface area contributed by atoms with E-state index in [2.05, 4.69) is 0 Å². The van der Waals surface area contributed by atoms with Crippen LogP contribution >= 0.6 is 0 Å². The maximum atomic E-state index is 12.7. The van der Waals surface area contributed by atoms with E-state index in [1.807, 2.05) is 30.3 Å². The smallest absolute Gasteiger partial charge is 0.318 e. The number of nitrogens with zero attached hydrogens (tertiary/aromatic N) is 1. The molecule has 0 radical (unpaired) electrons. The highest BCUT2D eigenvalue weighted by atomic mass is 16.5. The van der Waals surface area contributed by atoms with Gasteiger partial charge in [0.25, 0.3) is 5.91 Å². The van der Waals surface area contributed by atoms with Crippen LogP contribution in [0.5, 0.6) is 0 Å². The topological polar surface area (TPSA) is 66.8 Å². The van der Waals surface area contributed by atoms with Crippen molar-refractivity contribution in [3.05, 3.63) is 35.9 Å². The number of methoxy groups -OCH3 is 1. The maximum Gasteiger partial charge on any atom is 0.318 e. The largest absolute Gasteiger partial charge is 0.468 e. The van der Waals surface area contributed by atoms with Crippen LogP contribution in [0.1, 0.15) is 24.8 Å². The zero-order valence-corrected chi connectivity index (χ0v) is 12.9. The molecule has 3 rings (SSSR count). The van der Waals surface area contributed by atoms with Crippen molar-refractivity contribution < 1.29 is 19.4 Å². The first-order chi connectivity index (χ1) is 10.5. The molecule has 0 unspecified atom stereocenters. The Morgan fingerprint density at radius 1 is 1.36 bits per heavy atom. The number of fused-ring (bicyclic) bond motifs is 1. The Bertz CT molecular complexity index is 588. The van der Waals surface area contributed by atoms with Crippen LogP contribution in [0.15, 0.2) is 30.3 Å². The summed E-state index contributed by atoms with van der Waals surface area (Å²) in [5.74, 6) is -0.867. The van der Waals surface area contributed by atoms with Crippen molar-refractivity contribution in [3.8, 4) is 0 Å². The molecule has 1 heterocycles. The van der Waals surface area contributed by atoms with Gasteiger partial charge < -0.3 is 14.7 Å². The van der Waals surface area contributed by atoms with Crippen LogP contribution < -0.4 is 0 Å². The summed E-state index contributed by atoms with van der Waals surface area (Å²) in [6, 6.07) is 9.12. The molecule has 1 aromatic carbocycles. The minimum Gasteiger partial charge on any atom is -0.468 e. The van der Waals surface area contributed by atoms with Gasteiger partial charge in [0.15, 0.2) is 0 Å². The van der Waals surface area contributed by atoms with Crippen LogP contribution in [0.25, 0.3) is 0 Å². The van der Waals surface area contributed by atoms with E-state index in [4.69, 9.17) is 4.74 Å².